The van der Waals surface area contributed by atoms with Gasteiger partial charge in [-0.3, -0.25) is 4.79 Å². The number of hydrogen-bond donors (Lipinski definition) is 2. The highest BCUT2D eigenvalue weighted by Gasteiger charge is 2.47. The van der Waals surface area contributed by atoms with Crippen molar-refractivity contribution in [3.63, 3.8) is 0 Å². The van der Waals surface area contributed by atoms with Crippen molar-refractivity contribution < 1.29 is 14.6 Å². The number of carboxylic acid groups (broad SMARTS) is 1. The van der Waals surface area contributed by atoms with E-state index < -0.39 is 11.5 Å². The Balaban J connectivity index is 2.32. The van der Waals surface area contributed by atoms with E-state index in [4.69, 9.17) is 15.6 Å². The lowest BCUT2D eigenvalue weighted by molar-refractivity contribution is -0.154. The summed E-state index contributed by atoms with van der Waals surface area (Å²) in [5.74, 6) is -0.923. The van der Waals surface area contributed by atoms with Crippen LogP contribution >= 0.6 is 0 Å². The molecule has 0 amide bonds. The van der Waals surface area contributed by atoms with Gasteiger partial charge in [-0.1, -0.05) is 0 Å². The molecule has 1 aliphatic rings. The van der Waals surface area contributed by atoms with Crippen LogP contribution in [-0.2, 0) is 9.53 Å². The van der Waals surface area contributed by atoms with Crippen LogP contribution in [0, 0.1) is 0 Å². The highest BCUT2D eigenvalue weighted by molar-refractivity contribution is 5.80. The number of ether oxygens (including phenoxy) is 1. The number of carboxylic acids is 1. The average Bonchev–Trinajstić information content (AvgIpc) is 1.84. The van der Waals surface area contributed by atoms with E-state index in [0.29, 0.717) is 19.4 Å². The number of hydrogen-bond acceptors (Lipinski definition) is 3. The molecule has 0 heterocycles. The first-order valence-electron chi connectivity index (χ1n) is 3.72. The van der Waals surface area contributed by atoms with E-state index >= 15 is 0 Å². The van der Waals surface area contributed by atoms with Crippen LogP contribution in [0.2, 0.25) is 0 Å². The predicted molar refractivity (Wildman–Crippen MR) is 39.2 cm³/mol. The smallest absolute Gasteiger partial charge is 0.323 e. The van der Waals surface area contributed by atoms with E-state index in [-0.39, 0.29) is 6.10 Å². The van der Waals surface area contributed by atoms with Crippen LogP contribution in [0.3, 0.4) is 0 Å². The molecule has 0 aromatic heterocycles. The summed E-state index contributed by atoms with van der Waals surface area (Å²) in [6, 6.07) is 0. The molecule has 0 aromatic rings. The van der Waals surface area contributed by atoms with Crippen LogP contribution in [-0.4, -0.2) is 29.3 Å². The SMILES string of the molecule is CCOC1CC(N)(C(=O)O)C1. The Kier molecular flexibility index (Phi) is 2.15. The van der Waals surface area contributed by atoms with Crippen molar-refractivity contribution in [2.45, 2.75) is 31.4 Å². The van der Waals surface area contributed by atoms with Crippen LogP contribution in [0.5, 0.6) is 0 Å². The normalized spacial score (nSPS) is 36.4. The zero-order valence-corrected chi connectivity index (χ0v) is 6.54. The predicted octanol–water partition coefficient (Wildman–Crippen LogP) is -0.0326. The minimum atomic E-state index is -1.01. The molecular formula is C7H13NO3. The number of nitrogens with two attached hydrogens (primary N) is 1. The second-order valence-corrected chi connectivity index (χ2v) is 2.95. The first-order chi connectivity index (χ1) is 5.08. The summed E-state index contributed by atoms with van der Waals surface area (Å²) in [7, 11) is 0. The van der Waals surface area contributed by atoms with Gasteiger partial charge in [-0.2, -0.15) is 0 Å². The second-order valence-electron chi connectivity index (χ2n) is 2.95. The summed E-state index contributed by atoms with van der Waals surface area (Å²) in [5, 5.41) is 8.60. The van der Waals surface area contributed by atoms with E-state index in [9.17, 15) is 4.79 Å². The Labute approximate surface area is 65.3 Å². The van der Waals surface area contributed by atoms with Gasteiger partial charge in [0.25, 0.3) is 0 Å². The molecule has 0 atom stereocenters. The molecule has 1 aliphatic carbocycles. The molecule has 1 saturated carbocycles. The fraction of sp³-hybridized carbons (Fsp3) is 0.857. The molecule has 0 aromatic carbocycles. The summed E-state index contributed by atoms with van der Waals surface area (Å²) in [5.41, 5.74) is 4.47. The zero-order valence-electron chi connectivity index (χ0n) is 6.54. The molecule has 4 heteroatoms. The number of carbonyl (C=O) groups is 1. The molecule has 3 N–H and O–H groups in total. The second kappa shape index (κ2) is 2.79. The first-order valence-corrected chi connectivity index (χ1v) is 3.72. The fourth-order valence-corrected chi connectivity index (χ4v) is 1.28. The van der Waals surface area contributed by atoms with Gasteiger partial charge in [-0.15, -0.1) is 0 Å². The highest BCUT2D eigenvalue weighted by atomic mass is 16.5. The van der Waals surface area contributed by atoms with E-state index in [2.05, 4.69) is 0 Å². The van der Waals surface area contributed by atoms with Gasteiger partial charge >= 0.3 is 5.97 Å². The quantitative estimate of drug-likeness (QED) is 0.606. The van der Waals surface area contributed by atoms with Crippen molar-refractivity contribution in [3.8, 4) is 0 Å². The summed E-state index contributed by atoms with van der Waals surface area (Å²) in [4.78, 5) is 10.5. The molecule has 1 rings (SSSR count). The monoisotopic (exact) mass is 159 g/mol. The van der Waals surface area contributed by atoms with E-state index in [1.54, 1.807) is 0 Å². The molecule has 0 aliphatic heterocycles. The number of rotatable bonds is 3. The molecule has 64 valence electrons. The standard InChI is InChI=1S/C7H13NO3/c1-2-11-5-3-7(8,4-5)6(9)10/h5H,2-4,8H2,1H3,(H,9,10). The van der Waals surface area contributed by atoms with Gasteiger partial charge in [0.1, 0.15) is 5.54 Å². The zero-order chi connectivity index (χ0) is 8.48. The number of aliphatic carboxylic acids is 1. The van der Waals surface area contributed by atoms with Crippen molar-refractivity contribution in [2.75, 3.05) is 6.61 Å². The van der Waals surface area contributed by atoms with Crippen LogP contribution in [0.25, 0.3) is 0 Å². The summed E-state index contributed by atoms with van der Waals surface area (Å²) in [6.45, 7) is 2.51. The van der Waals surface area contributed by atoms with Crippen molar-refractivity contribution in [2.24, 2.45) is 5.73 Å². The van der Waals surface area contributed by atoms with Crippen molar-refractivity contribution >= 4 is 5.97 Å². The van der Waals surface area contributed by atoms with Gasteiger partial charge in [0.05, 0.1) is 6.10 Å². The van der Waals surface area contributed by atoms with Gasteiger partial charge in [-0.05, 0) is 6.92 Å². The lowest BCUT2D eigenvalue weighted by atomic mass is 9.75. The molecule has 4 nitrogen and oxygen atoms in total. The topological polar surface area (TPSA) is 72.5 Å². The highest BCUT2D eigenvalue weighted by Crippen LogP contribution is 2.32. The Hall–Kier alpha value is -0.610. The molecule has 0 saturated heterocycles. The summed E-state index contributed by atoms with van der Waals surface area (Å²) in [6.07, 6.45) is 0.938. The van der Waals surface area contributed by atoms with E-state index in [1.807, 2.05) is 6.92 Å². The van der Waals surface area contributed by atoms with Crippen molar-refractivity contribution in [3.05, 3.63) is 0 Å². The summed E-state index contributed by atoms with van der Waals surface area (Å²) >= 11 is 0. The molecule has 0 spiro atoms. The molecule has 11 heavy (non-hydrogen) atoms. The van der Waals surface area contributed by atoms with Gasteiger partial charge in [0.15, 0.2) is 0 Å². The minimum absolute atomic E-state index is 0.0566. The third kappa shape index (κ3) is 1.52. The molecule has 0 radical (unpaired) electrons. The summed E-state index contributed by atoms with van der Waals surface area (Å²) < 4.78 is 5.18. The molecule has 0 unspecified atom stereocenters. The van der Waals surface area contributed by atoms with Crippen LogP contribution in [0.1, 0.15) is 19.8 Å². The minimum Gasteiger partial charge on any atom is -0.480 e. The average molecular weight is 159 g/mol. The van der Waals surface area contributed by atoms with Crippen LogP contribution in [0.15, 0.2) is 0 Å². The van der Waals surface area contributed by atoms with Crippen LogP contribution < -0.4 is 5.73 Å². The van der Waals surface area contributed by atoms with Crippen molar-refractivity contribution in [1.29, 1.82) is 0 Å². The van der Waals surface area contributed by atoms with E-state index in [1.165, 1.54) is 0 Å². The van der Waals surface area contributed by atoms with Crippen molar-refractivity contribution in [1.82, 2.24) is 0 Å². The van der Waals surface area contributed by atoms with Gasteiger partial charge < -0.3 is 15.6 Å². The molecule has 0 bridgehead atoms. The van der Waals surface area contributed by atoms with Gasteiger partial charge in [-0.25, -0.2) is 0 Å². The Morgan fingerprint density at radius 3 is 2.73 bits per heavy atom. The maximum Gasteiger partial charge on any atom is 0.323 e. The Morgan fingerprint density at radius 1 is 1.82 bits per heavy atom. The maximum atomic E-state index is 10.5. The third-order valence-corrected chi connectivity index (χ3v) is 2.01. The molecular weight excluding hydrogens is 146 g/mol. The van der Waals surface area contributed by atoms with Crippen LogP contribution in [0.4, 0.5) is 0 Å². The first kappa shape index (κ1) is 8.49. The Morgan fingerprint density at radius 2 is 2.36 bits per heavy atom. The third-order valence-electron chi connectivity index (χ3n) is 2.01. The van der Waals surface area contributed by atoms with Gasteiger partial charge in [0.2, 0.25) is 0 Å². The molecule has 1 fully saturated rings. The largest absolute Gasteiger partial charge is 0.480 e. The lowest BCUT2D eigenvalue weighted by Gasteiger charge is -2.40. The maximum absolute atomic E-state index is 10.5. The lowest BCUT2D eigenvalue weighted by Crippen LogP contribution is -2.60. The Bertz CT molecular complexity index is 163. The fourth-order valence-electron chi connectivity index (χ4n) is 1.28. The van der Waals surface area contributed by atoms with E-state index in [0.717, 1.165) is 0 Å². The van der Waals surface area contributed by atoms with Gasteiger partial charge in [0, 0.05) is 19.4 Å².